The van der Waals surface area contributed by atoms with Crippen LogP contribution in [0.1, 0.15) is 23.2 Å². The predicted molar refractivity (Wildman–Crippen MR) is 70.8 cm³/mol. The Bertz CT molecular complexity index is 506. The maximum absolute atomic E-state index is 12.3. The molecular formula is C12H11BrClNO3. The summed E-state index contributed by atoms with van der Waals surface area (Å²) in [5.41, 5.74) is 0.333. The van der Waals surface area contributed by atoms with Gasteiger partial charge >= 0.3 is 5.97 Å². The van der Waals surface area contributed by atoms with Crippen molar-refractivity contribution < 1.29 is 14.7 Å². The molecule has 1 heterocycles. The van der Waals surface area contributed by atoms with E-state index in [-0.39, 0.29) is 5.91 Å². The number of aliphatic carboxylic acids is 1. The minimum Gasteiger partial charge on any atom is -0.480 e. The second-order valence-corrected chi connectivity index (χ2v) is 5.44. The van der Waals surface area contributed by atoms with Crippen LogP contribution in [0.2, 0.25) is 5.02 Å². The van der Waals surface area contributed by atoms with E-state index < -0.39 is 12.0 Å². The third kappa shape index (κ3) is 2.52. The van der Waals surface area contributed by atoms with Crippen molar-refractivity contribution in [1.82, 2.24) is 4.90 Å². The summed E-state index contributed by atoms with van der Waals surface area (Å²) in [6.07, 6.45) is 1.20. The van der Waals surface area contributed by atoms with Gasteiger partial charge in [-0.25, -0.2) is 4.79 Å². The van der Waals surface area contributed by atoms with Gasteiger partial charge in [-0.15, -0.1) is 0 Å². The highest BCUT2D eigenvalue weighted by molar-refractivity contribution is 9.10. The van der Waals surface area contributed by atoms with E-state index in [0.29, 0.717) is 30.0 Å². The van der Waals surface area contributed by atoms with Crippen molar-refractivity contribution in [2.24, 2.45) is 0 Å². The molecule has 18 heavy (non-hydrogen) atoms. The fraction of sp³-hybridized carbons (Fsp3) is 0.333. The van der Waals surface area contributed by atoms with Crippen LogP contribution < -0.4 is 0 Å². The number of rotatable bonds is 2. The van der Waals surface area contributed by atoms with Gasteiger partial charge in [-0.2, -0.15) is 0 Å². The Kier molecular flexibility index (Phi) is 3.92. The van der Waals surface area contributed by atoms with Crippen LogP contribution in [0.3, 0.4) is 0 Å². The van der Waals surface area contributed by atoms with Crippen LogP contribution in [0.5, 0.6) is 0 Å². The molecule has 0 aliphatic carbocycles. The average Bonchev–Trinajstić information content (AvgIpc) is 2.80. The van der Waals surface area contributed by atoms with Crippen molar-refractivity contribution in [3.8, 4) is 0 Å². The summed E-state index contributed by atoms with van der Waals surface area (Å²) in [5, 5.41) is 9.40. The summed E-state index contributed by atoms with van der Waals surface area (Å²) in [6, 6.07) is 4.22. The molecule has 2 rings (SSSR count). The van der Waals surface area contributed by atoms with Crippen LogP contribution in [0.15, 0.2) is 22.7 Å². The van der Waals surface area contributed by atoms with Crippen molar-refractivity contribution in [1.29, 1.82) is 0 Å². The third-order valence-corrected chi connectivity index (χ3v) is 3.78. The molecule has 0 bridgehead atoms. The first-order valence-electron chi connectivity index (χ1n) is 5.49. The van der Waals surface area contributed by atoms with E-state index in [4.69, 9.17) is 16.7 Å². The van der Waals surface area contributed by atoms with Crippen LogP contribution in [0.25, 0.3) is 0 Å². The van der Waals surface area contributed by atoms with Gasteiger partial charge in [0.25, 0.3) is 5.91 Å². The number of carboxylic acid groups (broad SMARTS) is 1. The quantitative estimate of drug-likeness (QED) is 0.906. The molecule has 1 amide bonds. The summed E-state index contributed by atoms with van der Waals surface area (Å²) >= 11 is 9.25. The van der Waals surface area contributed by atoms with Gasteiger partial charge in [0.1, 0.15) is 6.04 Å². The average molecular weight is 333 g/mol. The molecule has 0 radical (unpaired) electrons. The van der Waals surface area contributed by atoms with Crippen LogP contribution in [-0.4, -0.2) is 34.5 Å². The fourth-order valence-electron chi connectivity index (χ4n) is 2.08. The fourth-order valence-corrected chi connectivity index (χ4v) is 2.64. The topological polar surface area (TPSA) is 57.6 Å². The van der Waals surface area contributed by atoms with Gasteiger partial charge in [0.15, 0.2) is 0 Å². The second kappa shape index (κ2) is 5.28. The van der Waals surface area contributed by atoms with Gasteiger partial charge < -0.3 is 10.0 Å². The van der Waals surface area contributed by atoms with Crippen molar-refractivity contribution in [3.63, 3.8) is 0 Å². The number of likely N-dealkylation sites (tertiary alicyclic amines) is 1. The maximum atomic E-state index is 12.3. The van der Waals surface area contributed by atoms with E-state index in [9.17, 15) is 9.59 Å². The van der Waals surface area contributed by atoms with Crippen LogP contribution in [0, 0.1) is 0 Å². The van der Waals surface area contributed by atoms with Gasteiger partial charge in [-0.3, -0.25) is 4.79 Å². The molecule has 0 aromatic heterocycles. The van der Waals surface area contributed by atoms with Gasteiger partial charge in [-0.1, -0.05) is 27.5 Å². The van der Waals surface area contributed by atoms with Crippen molar-refractivity contribution >= 4 is 39.4 Å². The van der Waals surface area contributed by atoms with E-state index in [1.807, 2.05) is 0 Å². The molecule has 1 atom stereocenters. The first kappa shape index (κ1) is 13.4. The normalized spacial score (nSPS) is 19.0. The number of benzene rings is 1. The molecule has 96 valence electrons. The van der Waals surface area contributed by atoms with E-state index in [2.05, 4.69) is 15.9 Å². The molecule has 1 saturated heterocycles. The molecule has 0 saturated carbocycles. The number of hydrogen-bond acceptors (Lipinski definition) is 2. The Morgan fingerprint density at radius 2 is 2.17 bits per heavy atom. The zero-order valence-corrected chi connectivity index (χ0v) is 11.7. The van der Waals surface area contributed by atoms with Gasteiger partial charge in [-0.05, 0) is 31.0 Å². The van der Waals surface area contributed by atoms with Crippen molar-refractivity contribution in [2.75, 3.05) is 6.54 Å². The number of nitrogens with zero attached hydrogens (tertiary/aromatic N) is 1. The summed E-state index contributed by atoms with van der Waals surface area (Å²) in [7, 11) is 0. The number of hydrogen-bond donors (Lipinski definition) is 1. The Morgan fingerprint density at radius 1 is 1.44 bits per heavy atom. The van der Waals surface area contributed by atoms with E-state index >= 15 is 0 Å². The molecule has 6 heteroatoms. The number of carbonyl (C=O) groups excluding carboxylic acids is 1. The Morgan fingerprint density at radius 3 is 2.83 bits per heavy atom. The largest absolute Gasteiger partial charge is 0.480 e. The van der Waals surface area contributed by atoms with Crippen molar-refractivity contribution in [2.45, 2.75) is 18.9 Å². The summed E-state index contributed by atoms with van der Waals surface area (Å²) in [4.78, 5) is 24.7. The number of carbonyl (C=O) groups is 2. The lowest BCUT2D eigenvalue weighted by Gasteiger charge is -2.22. The van der Waals surface area contributed by atoms with Gasteiger partial charge in [0.05, 0.1) is 10.6 Å². The Balaban J connectivity index is 2.31. The summed E-state index contributed by atoms with van der Waals surface area (Å²) in [5.74, 6) is -1.29. The SMILES string of the molecule is O=C(O)[C@@H]1CCCN1C(=O)c1cc(Br)ccc1Cl. The van der Waals surface area contributed by atoms with Crippen LogP contribution in [-0.2, 0) is 4.79 Å². The third-order valence-electron chi connectivity index (χ3n) is 2.96. The minimum atomic E-state index is -0.966. The first-order chi connectivity index (χ1) is 8.50. The number of halogens is 2. The second-order valence-electron chi connectivity index (χ2n) is 4.12. The molecular weight excluding hydrogens is 321 g/mol. The van der Waals surface area contributed by atoms with Crippen LogP contribution >= 0.6 is 27.5 Å². The molecule has 4 nitrogen and oxygen atoms in total. The van der Waals surface area contributed by atoms with E-state index in [1.165, 1.54) is 4.90 Å². The number of carboxylic acids is 1. The zero-order chi connectivity index (χ0) is 13.3. The predicted octanol–water partition coefficient (Wildman–Crippen LogP) is 2.79. The highest BCUT2D eigenvalue weighted by Gasteiger charge is 2.35. The smallest absolute Gasteiger partial charge is 0.326 e. The molecule has 1 aromatic rings. The zero-order valence-electron chi connectivity index (χ0n) is 9.40. The van der Waals surface area contributed by atoms with Crippen LogP contribution in [0.4, 0.5) is 0 Å². The minimum absolute atomic E-state index is 0.328. The molecule has 1 aliphatic rings. The monoisotopic (exact) mass is 331 g/mol. The van der Waals surface area contributed by atoms with E-state index in [0.717, 1.165) is 4.47 Å². The summed E-state index contributed by atoms with van der Waals surface area (Å²) < 4.78 is 0.737. The molecule has 0 unspecified atom stereocenters. The molecule has 1 N–H and O–H groups in total. The number of amides is 1. The lowest BCUT2D eigenvalue weighted by Crippen LogP contribution is -2.40. The van der Waals surface area contributed by atoms with Gasteiger partial charge in [0, 0.05) is 11.0 Å². The lowest BCUT2D eigenvalue weighted by atomic mass is 10.1. The highest BCUT2D eigenvalue weighted by atomic mass is 79.9. The van der Waals surface area contributed by atoms with Gasteiger partial charge in [0.2, 0.25) is 0 Å². The molecule has 1 fully saturated rings. The van der Waals surface area contributed by atoms with E-state index in [1.54, 1.807) is 18.2 Å². The Labute approximate surface area is 118 Å². The molecule has 1 aliphatic heterocycles. The maximum Gasteiger partial charge on any atom is 0.326 e. The highest BCUT2D eigenvalue weighted by Crippen LogP contribution is 2.26. The summed E-state index contributed by atoms with van der Waals surface area (Å²) in [6.45, 7) is 0.457. The molecule has 0 spiro atoms. The standard InChI is InChI=1S/C12H11BrClNO3/c13-7-3-4-9(14)8(6-7)11(16)15-5-1-2-10(15)12(17)18/h3-4,6,10H,1-2,5H2,(H,17,18)/t10-/m0/s1. The Hall–Kier alpha value is -1.07. The lowest BCUT2D eigenvalue weighted by molar-refractivity contribution is -0.141. The first-order valence-corrected chi connectivity index (χ1v) is 6.66. The molecule has 1 aromatic carbocycles. The van der Waals surface area contributed by atoms with Crippen molar-refractivity contribution in [3.05, 3.63) is 33.3 Å².